The Morgan fingerprint density at radius 1 is 1.35 bits per heavy atom. The number of pyridine rings is 1. The molecule has 1 aliphatic rings. The normalized spacial score (nSPS) is 15.7. The number of para-hydroxylation sites is 1. The minimum absolute atomic E-state index is 0.00164. The molecule has 31 heavy (non-hydrogen) atoms. The average molecular weight is 438 g/mol. The van der Waals surface area contributed by atoms with E-state index in [0.29, 0.717) is 12.0 Å². The van der Waals surface area contributed by atoms with Gasteiger partial charge >= 0.3 is 5.97 Å². The van der Waals surface area contributed by atoms with E-state index in [-0.39, 0.29) is 22.9 Å². The molecule has 4 aromatic rings. The maximum Gasteiger partial charge on any atom is 0.341 e. The number of rotatable bonds is 2. The van der Waals surface area contributed by atoms with Crippen molar-refractivity contribution in [3.63, 3.8) is 0 Å². The largest absolute Gasteiger partial charge is 0.477 e. The van der Waals surface area contributed by atoms with Gasteiger partial charge in [0.05, 0.1) is 0 Å². The van der Waals surface area contributed by atoms with Crippen LogP contribution in [-0.4, -0.2) is 20.0 Å². The van der Waals surface area contributed by atoms with Crippen LogP contribution in [0.2, 0.25) is 0 Å². The van der Waals surface area contributed by atoms with Crippen molar-refractivity contribution < 1.29 is 18.7 Å². The van der Waals surface area contributed by atoms with Gasteiger partial charge in [-0.15, -0.1) is 0 Å². The Hall–Kier alpha value is -3.26. The number of nitrogens with zero attached hydrogens (tertiary/aromatic N) is 2. The van der Waals surface area contributed by atoms with Gasteiger partial charge in [-0.25, -0.2) is 13.6 Å². The summed E-state index contributed by atoms with van der Waals surface area (Å²) in [6.07, 6.45) is 3.52. The molecule has 0 amide bonds. The number of aromatic nitrogens is 2. The third-order valence-electron chi connectivity index (χ3n) is 5.92. The van der Waals surface area contributed by atoms with Gasteiger partial charge in [0.1, 0.15) is 16.8 Å². The predicted molar refractivity (Wildman–Crippen MR) is 116 cm³/mol. The number of hydrogen-bond acceptors (Lipinski definition) is 5. The number of hydrogen-bond donors (Lipinski definition) is 1. The highest BCUT2D eigenvalue weighted by Crippen LogP contribution is 2.48. The van der Waals surface area contributed by atoms with E-state index in [4.69, 9.17) is 4.42 Å². The van der Waals surface area contributed by atoms with Gasteiger partial charge in [0.15, 0.2) is 11.6 Å². The first-order valence-corrected chi connectivity index (χ1v) is 10.6. The van der Waals surface area contributed by atoms with Crippen LogP contribution < -0.4 is 5.43 Å². The Kier molecular flexibility index (Phi) is 4.20. The molecule has 0 fully saturated rings. The third-order valence-corrected chi connectivity index (χ3v) is 6.50. The van der Waals surface area contributed by atoms with Crippen molar-refractivity contribution in [3.8, 4) is 22.6 Å². The van der Waals surface area contributed by atoms with Gasteiger partial charge in [-0.2, -0.15) is 0 Å². The van der Waals surface area contributed by atoms with E-state index in [2.05, 4.69) is 4.37 Å². The minimum Gasteiger partial charge on any atom is -0.477 e. The van der Waals surface area contributed by atoms with Gasteiger partial charge in [0, 0.05) is 45.9 Å². The van der Waals surface area contributed by atoms with Crippen LogP contribution in [0.5, 0.6) is 0 Å². The quantitative estimate of drug-likeness (QED) is 0.455. The van der Waals surface area contributed by atoms with Crippen LogP contribution >= 0.6 is 11.5 Å². The number of fused-ring (bicyclic) bond motifs is 5. The second-order valence-electron chi connectivity index (χ2n) is 8.84. The molecule has 6 nitrogen and oxygen atoms in total. The fraction of sp³-hybridized carbons (Fsp3) is 0.261. The van der Waals surface area contributed by atoms with Crippen LogP contribution in [0.3, 0.4) is 0 Å². The minimum atomic E-state index is -1.45. The van der Waals surface area contributed by atoms with Crippen molar-refractivity contribution in [2.45, 2.75) is 33.2 Å². The standard InChI is InChI=1S/C23H19FN2O4S/c1-23(2,3)16-7-14-13-6-4-5-12(11-8-25-31-10-11)20(13)30-21(14)18-17(24)19(27)15(22(28)29)9-26(16)18/h4-6,8-10,16H,7H2,1-3H3,(H,28,29)/t16-/m0/s1. The fourth-order valence-corrected chi connectivity index (χ4v) is 4.90. The van der Waals surface area contributed by atoms with Crippen LogP contribution in [0, 0.1) is 11.2 Å². The number of benzene rings is 1. The number of halogens is 1. The Bertz CT molecular complexity index is 1410. The highest BCUT2D eigenvalue weighted by molar-refractivity contribution is 7.03. The summed E-state index contributed by atoms with van der Waals surface area (Å²) in [4.78, 5) is 24.1. The molecule has 8 heteroatoms. The molecule has 0 unspecified atom stereocenters. The second-order valence-corrected chi connectivity index (χ2v) is 9.50. The molecule has 3 aromatic heterocycles. The first-order chi connectivity index (χ1) is 14.7. The molecule has 1 atom stereocenters. The summed E-state index contributed by atoms with van der Waals surface area (Å²) in [5.41, 5.74) is 1.10. The van der Waals surface area contributed by atoms with Crippen LogP contribution in [0.4, 0.5) is 4.39 Å². The first-order valence-electron chi connectivity index (χ1n) is 9.81. The molecule has 0 bridgehead atoms. The Labute approximate surface area is 180 Å². The monoisotopic (exact) mass is 438 g/mol. The van der Waals surface area contributed by atoms with Crippen molar-refractivity contribution in [1.29, 1.82) is 0 Å². The van der Waals surface area contributed by atoms with E-state index in [1.165, 1.54) is 17.7 Å². The molecular weight excluding hydrogens is 419 g/mol. The summed E-state index contributed by atoms with van der Waals surface area (Å²) >= 11 is 1.33. The number of furan rings is 1. The summed E-state index contributed by atoms with van der Waals surface area (Å²) < 4.78 is 27.3. The molecule has 4 heterocycles. The zero-order valence-corrected chi connectivity index (χ0v) is 17.9. The average Bonchev–Trinajstić information content (AvgIpc) is 3.36. The summed E-state index contributed by atoms with van der Waals surface area (Å²) in [6, 6.07) is 5.50. The predicted octanol–water partition coefficient (Wildman–Crippen LogP) is 5.37. The summed E-state index contributed by atoms with van der Waals surface area (Å²) in [7, 11) is 0. The molecule has 0 saturated carbocycles. The maximum absolute atomic E-state index is 15.4. The number of aromatic carboxylic acids is 1. The molecule has 0 radical (unpaired) electrons. The number of carbonyl (C=O) groups is 1. The lowest BCUT2D eigenvalue weighted by molar-refractivity contribution is 0.0692. The van der Waals surface area contributed by atoms with E-state index in [0.717, 1.165) is 22.1 Å². The van der Waals surface area contributed by atoms with E-state index in [1.807, 2.05) is 44.4 Å². The molecule has 0 aliphatic carbocycles. The molecule has 158 valence electrons. The maximum atomic E-state index is 15.4. The van der Waals surface area contributed by atoms with Gasteiger partial charge < -0.3 is 14.1 Å². The molecule has 1 N–H and O–H groups in total. The number of carboxylic acid groups (broad SMARTS) is 1. The first kappa shape index (κ1) is 19.7. The zero-order valence-electron chi connectivity index (χ0n) is 17.1. The lowest BCUT2D eigenvalue weighted by atomic mass is 9.79. The van der Waals surface area contributed by atoms with Gasteiger partial charge in [-0.05, 0) is 23.4 Å². The molecule has 1 aliphatic heterocycles. The fourth-order valence-electron chi connectivity index (χ4n) is 4.36. The smallest absolute Gasteiger partial charge is 0.341 e. The van der Waals surface area contributed by atoms with Crippen molar-refractivity contribution in [2.75, 3.05) is 0 Å². The van der Waals surface area contributed by atoms with Gasteiger partial charge in [0.25, 0.3) is 0 Å². The summed E-state index contributed by atoms with van der Waals surface area (Å²) in [5.74, 6) is -2.28. The molecule has 5 rings (SSSR count). The van der Waals surface area contributed by atoms with Crippen LogP contribution in [0.25, 0.3) is 33.6 Å². The second kappa shape index (κ2) is 6.62. The lowest BCUT2D eigenvalue weighted by Gasteiger charge is -2.37. The van der Waals surface area contributed by atoms with Crippen LogP contribution in [0.15, 0.2) is 45.2 Å². The Morgan fingerprint density at radius 2 is 2.13 bits per heavy atom. The van der Waals surface area contributed by atoms with Crippen molar-refractivity contribution in [1.82, 2.24) is 8.94 Å². The molecule has 1 aromatic carbocycles. The van der Waals surface area contributed by atoms with E-state index in [1.54, 1.807) is 10.8 Å². The highest BCUT2D eigenvalue weighted by atomic mass is 32.1. The van der Waals surface area contributed by atoms with Crippen LogP contribution in [-0.2, 0) is 6.42 Å². The van der Waals surface area contributed by atoms with Gasteiger partial charge in [-0.1, -0.05) is 39.0 Å². The summed E-state index contributed by atoms with van der Waals surface area (Å²) in [5, 5.41) is 12.2. The van der Waals surface area contributed by atoms with Crippen molar-refractivity contribution >= 4 is 28.5 Å². The lowest BCUT2D eigenvalue weighted by Crippen LogP contribution is -2.34. The van der Waals surface area contributed by atoms with E-state index >= 15 is 4.39 Å². The molecule has 0 saturated heterocycles. The Balaban J connectivity index is 1.88. The summed E-state index contributed by atoms with van der Waals surface area (Å²) in [6.45, 7) is 6.02. The van der Waals surface area contributed by atoms with Crippen LogP contribution in [0.1, 0.15) is 42.7 Å². The van der Waals surface area contributed by atoms with Crippen molar-refractivity contribution in [3.05, 3.63) is 63.1 Å². The van der Waals surface area contributed by atoms with Gasteiger partial charge in [-0.3, -0.25) is 4.79 Å². The van der Waals surface area contributed by atoms with E-state index in [9.17, 15) is 14.7 Å². The zero-order chi connectivity index (χ0) is 22.1. The van der Waals surface area contributed by atoms with Crippen molar-refractivity contribution in [2.24, 2.45) is 5.41 Å². The SMILES string of the molecule is CC(C)(C)[C@@H]1Cc2c(oc3c(-c4cnsc4)cccc23)-c2c(F)c(=O)c(C(=O)O)cn21. The third kappa shape index (κ3) is 2.85. The molecular formula is C23H19FN2O4S. The van der Waals surface area contributed by atoms with E-state index < -0.39 is 22.8 Å². The highest BCUT2D eigenvalue weighted by Gasteiger charge is 2.38. The number of carboxylic acids is 1. The molecule has 0 spiro atoms. The van der Waals surface area contributed by atoms with Gasteiger partial charge in [0.2, 0.25) is 5.43 Å². The Morgan fingerprint density at radius 3 is 2.77 bits per heavy atom. The topological polar surface area (TPSA) is 85.3 Å².